The highest BCUT2D eigenvalue weighted by Gasteiger charge is 2.42. The van der Waals surface area contributed by atoms with Gasteiger partial charge in [-0.1, -0.05) is 13.8 Å². The zero-order chi connectivity index (χ0) is 21.1. The fraction of sp³-hybridized carbons (Fsp3) is 0.478. The zero-order valence-corrected chi connectivity index (χ0v) is 17.9. The highest BCUT2D eigenvalue weighted by molar-refractivity contribution is 5.46. The van der Waals surface area contributed by atoms with Gasteiger partial charge in [0.2, 0.25) is 0 Å². The van der Waals surface area contributed by atoms with Gasteiger partial charge in [0, 0.05) is 35.0 Å². The van der Waals surface area contributed by atoms with Crippen LogP contribution in [0.4, 0.5) is 0 Å². The fourth-order valence-corrected chi connectivity index (χ4v) is 4.28. The van der Waals surface area contributed by atoms with Crippen LogP contribution >= 0.6 is 0 Å². The van der Waals surface area contributed by atoms with Crippen molar-refractivity contribution in [1.29, 1.82) is 0 Å². The van der Waals surface area contributed by atoms with Gasteiger partial charge >= 0.3 is 0 Å². The summed E-state index contributed by atoms with van der Waals surface area (Å²) in [7, 11) is 6.59. The fourth-order valence-electron chi connectivity index (χ4n) is 4.28. The molecule has 29 heavy (non-hydrogen) atoms. The van der Waals surface area contributed by atoms with Gasteiger partial charge in [0.05, 0.1) is 34.5 Å². The molecule has 3 rings (SSSR count). The van der Waals surface area contributed by atoms with Gasteiger partial charge in [0.1, 0.15) is 23.0 Å². The van der Waals surface area contributed by atoms with E-state index in [1.54, 1.807) is 28.4 Å². The second kappa shape index (κ2) is 8.93. The maximum absolute atomic E-state index is 11.1. The van der Waals surface area contributed by atoms with Crippen molar-refractivity contribution < 1.29 is 24.1 Å². The molecule has 1 heterocycles. The lowest BCUT2D eigenvalue weighted by atomic mass is 9.74. The van der Waals surface area contributed by atoms with Gasteiger partial charge in [0.15, 0.2) is 0 Å². The van der Waals surface area contributed by atoms with E-state index >= 15 is 0 Å². The third-order valence-electron chi connectivity index (χ3n) is 6.03. The quantitative estimate of drug-likeness (QED) is 0.769. The third kappa shape index (κ3) is 4.00. The summed E-state index contributed by atoms with van der Waals surface area (Å²) in [4.78, 5) is 0. The van der Waals surface area contributed by atoms with Crippen molar-refractivity contribution in [2.75, 3.05) is 28.4 Å². The van der Waals surface area contributed by atoms with Crippen molar-refractivity contribution in [1.82, 2.24) is 5.32 Å². The molecule has 0 amide bonds. The minimum absolute atomic E-state index is 0.0288. The largest absolute Gasteiger partial charge is 0.497 e. The van der Waals surface area contributed by atoms with Crippen LogP contribution in [0.25, 0.3) is 0 Å². The monoisotopic (exact) mass is 401 g/mol. The van der Waals surface area contributed by atoms with Crippen molar-refractivity contribution in [3.05, 3.63) is 47.5 Å². The Balaban J connectivity index is 2.07. The molecule has 2 N–H and O–H groups in total. The van der Waals surface area contributed by atoms with Gasteiger partial charge in [-0.25, -0.2) is 0 Å². The van der Waals surface area contributed by atoms with E-state index in [2.05, 4.69) is 19.2 Å². The number of piperidine rings is 1. The average Bonchev–Trinajstić information content (AvgIpc) is 2.76. The summed E-state index contributed by atoms with van der Waals surface area (Å²) in [5.74, 6) is 2.95. The summed E-state index contributed by atoms with van der Waals surface area (Å²) < 4.78 is 22.1. The highest BCUT2D eigenvalue weighted by Crippen LogP contribution is 2.45. The van der Waals surface area contributed by atoms with Crippen LogP contribution < -0.4 is 24.3 Å². The van der Waals surface area contributed by atoms with Gasteiger partial charge in [0.25, 0.3) is 0 Å². The molecule has 0 saturated carbocycles. The van der Waals surface area contributed by atoms with Crippen LogP contribution in [0, 0.1) is 11.8 Å². The van der Waals surface area contributed by atoms with Crippen molar-refractivity contribution in [3.8, 4) is 23.0 Å². The molecule has 5 atom stereocenters. The van der Waals surface area contributed by atoms with E-state index in [1.165, 1.54) is 0 Å². The molecular weight excluding hydrogens is 370 g/mol. The third-order valence-corrected chi connectivity index (χ3v) is 6.03. The van der Waals surface area contributed by atoms with Crippen LogP contribution in [0.1, 0.15) is 37.1 Å². The van der Waals surface area contributed by atoms with E-state index in [0.717, 1.165) is 34.1 Å². The second-order valence-electron chi connectivity index (χ2n) is 7.55. The summed E-state index contributed by atoms with van der Waals surface area (Å²) >= 11 is 0. The van der Waals surface area contributed by atoms with Crippen LogP contribution in [0.15, 0.2) is 36.4 Å². The number of hydrogen-bond acceptors (Lipinski definition) is 6. The number of ether oxygens (including phenoxy) is 4. The maximum atomic E-state index is 11.1. The first kappa shape index (κ1) is 21.3. The minimum atomic E-state index is -0.516. The normalized spacial score (nSPS) is 26.7. The molecule has 1 aliphatic heterocycles. The Morgan fingerprint density at radius 2 is 1.10 bits per heavy atom. The molecule has 6 heteroatoms. The van der Waals surface area contributed by atoms with Crippen molar-refractivity contribution in [2.24, 2.45) is 11.8 Å². The van der Waals surface area contributed by atoms with Gasteiger partial charge in [-0.15, -0.1) is 0 Å². The van der Waals surface area contributed by atoms with E-state index in [9.17, 15) is 5.11 Å². The van der Waals surface area contributed by atoms with Crippen molar-refractivity contribution >= 4 is 0 Å². The topological polar surface area (TPSA) is 69.2 Å². The Morgan fingerprint density at radius 1 is 0.690 bits per heavy atom. The summed E-state index contributed by atoms with van der Waals surface area (Å²) in [6.45, 7) is 4.10. The Labute approximate surface area is 172 Å². The molecule has 158 valence electrons. The molecule has 6 nitrogen and oxygen atoms in total. The van der Waals surface area contributed by atoms with Crippen LogP contribution in [0.3, 0.4) is 0 Å². The lowest BCUT2D eigenvalue weighted by Gasteiger charge is -2.44. The molecule has 1 unspecified atom stereocenters. The Morgan fingerprint density at radius 3 is 1.45 bits per heavy atom. The van der Waals surface area contributed by atoms with Crippen LogP contribution in [-0.2, 0) is 0 Å². The lowest BCUT2D eigenvalue weighted by Crippen LogP contribution is -2.49. The predicted octanol–water partition coefficient (Wildman–Crippen LogP) is 3.74. The maximum Gasteiger partial charge on any atom is 0.123 e. The lowest BCUT2D eigenvalue weighted by molar-refractivity contribution is -0.00770. The molecule has 1 saturated heterocycles. The van der Waals surface area contributed by atoms with Crippen molar-refractivity contribution in [3.63, 3.8) is 0 Å². The number of hydrogen-bond donors (Lipinski definition) is 2. The predicted molar refractivity (Wildman–Crippen MR) is 112 cm³/mol. The van der Waals surface area contributed by atoms with Gasteiger partial charge in [-0.3, -0.25) is 0 Å². The Hall–Kier alpha value is -2.44. The molecular formula is C23H31NO5. The van der Waals surface area contributed by atoms with Gasteiger partial charge in [-0.05, 0) is 36.4 Å². The standard InChI is InChI=1S/C23H31NO5/c1-13-21(17-11-15(26-3)7-9-19(17)28-5)24-22(14(2)23(13)25)18-12-16(27-4)8-10-20(18)29-6/h7-14,21-25H,1-6H3/t13-,14-,21-,22+,23?/m1/s1. The number of rotatable bonds is 6. The molecule has 0 bridgehead atoms. The molecule has 2 aromatic carbocycles. The smallest absolute Gasteiger partial charge is 0.123 e. The Kier molecular flexibility index (Phi) is 6.55. The molecule has 1 fully saturated rings. The van der Waals surface area contributed by atoms with E-state index < -0.39 is 6.10 Å². The molecule has 0 spiro atoms. The van der Waals surface area contributed by atoms with Gasteiger partial charge < -0.3 is 29.4 Å². The number of nitrogens with one attached hydrogen (secondary N) is 1. The zero-order valence-electron chi connectivity index (χ0n) is 17.9. The summed E-state index contributed by atoms with van der Waals surface area (Å²) in [5.41, 5.74) is 1.91. The SMILES string of the molecule is COc1ccc(OC)c([C@H]2N[C@@H](c3cc(OC)ccc3OC)[C@@H](C)C(O)[C@@H]2C)c1. The summed E-state index contributed by atoms with van der Waals surface area (Å²) in [5, 5.41) is 14.8. The average molecular weight is 402 g/mol. The van der Waals surface area contributed by atoms with Crippen LogP contribution in [-0.4, -0.2) is 39.6 Å². The van der Waals surface area contributed by atoms with E-state index in [0.29, 0.717) is 0 Å². The van der Waals surface area contributed by atoms with Gasteiger partial charge in [-0.2, -0.15) is 0 Å². The van der Waals surface area contributed by atoms with Crippen LogP contribution in [0.2, 0.25) is 0 Å². The van der Waals surface area contributed by atoms with Crippen LogP contribution in [0.5, 0.6) is 23.0 Å². The molecule has 0 aromatic heterocycles. The summed E-state index contributed by atoms with van der Waals surface area (Å²) in [6.07, 6.45) is -0.516. The highest BCUT2D eigenvalue weighted by atomic mass is 16.5. The first-order valence-electron chi connectivity index (χ1n) is 9.83. The first-order valence-corrected chi connectivity index (χ1v) is 9.83. The first-order chi connectivity index (χ1) is 13.9. The van der Waals surface area contributed by atoms with Crippen molar-refractivity contribution in [2.45, 2.75) is 32.0 Å². The number of methoxy groups -OCH3 is 4. The number of benzene rings is 2. The molecule has 0 radical (unpaired) electrons. The molecule has 1 aliphatic rings. The molecule has 2 aromatic rings. The summed E-state index contributed by atoms with van der Waals surface area (Å²) in [6, 6.07) is 11.2. The van der Waals surface area contributed by atoms with E-state index in [1.807, 2.05) is 36.4 Å². The second-order valence-corrected chi connectivity index (χ2v) is 7.55. The number of aliphatic hydroxyl groups is 1. The van der Waals surface area contributed by atoms with E-state index in [4.69, 9.17) is 18.9 Å². The molecule has 0 aliphatic carbocycles. The Bertz CT molecular complexity index is 773. The van der Waals surface area contributed by atoms with E-state index in [-0.39, 0.29) is 23.9 Å². The number of aliphatic hydroxyl groups excluding tert-OH is 1. The minimum Gasteiger partial charge on any atom is -0.497 e.